The maximum atomic E-state index is 13.2. The minimum absolute atomic E-state index is 0.0540. The van der Waals surface area contributed by atoms with Gasteiger partial charge in [-0.25, -0.2) is 8.42 Å². The normalized spacial score (nSPS) is 17.8. The molecule has 8 nitrogen and oxygen atoms in total. The van der Waals surface area contributed by atoms with Crippen molar-refractivity contribution in [1.29, 1.82) is 5.26 Å². The van der Waals surface area contributed by atoms with Gasteiger partial charge in [-0.05, 0) is 68.4 Å². The van der Waals surface area contributed by atoms with E-state index in [0.717, 1.165) is 18.8 Å². The lowest BCUT2D eigenvalue weighted by Gasteiger charge is -2.38. The number of hydrogen-bond donors (Lipinski definition) is 2. The molecule has 10 heteroatoms. The monoisotopic (exact) mass is 526 g/mol. The molecule has 4 rings (SSSR count). The van der Waals surface area contributed by atoms with E-state index in [0.29, 0.717) is 29.3 Å². The molecule has 0 amide bonds. The van der Waals surface area contributed by atoms with Gasteiger partial charge >= 0.3 is 0 Å². The predicted molar refractivity (Wildman–Crippen MR) is 141 cm³/mol. The molecule has 188 valence electrons. The lowest BCUT2D eigenvalue weighted by molar-refractivity contribution is 0.406. The molecule has 3 aromatic rings. The Balaban J connectivity index is 1.55. The van der Waals surface area contributed by atoms with Gasteiger partial charge in [0.2, 0.25) is 0 Å². The molecule has 0 aliphatic carbocycles. The first kappa shape index (κ1) is 25.6. The van der Waals surface area contributed by atoms with Crippen LogP contribution in [-0.2, 0) is 10.0 Å². The van der Waals surface area contributed by atoms with Crippen molar-refractivity contribution in [3.63, 3.8) is 0 Å². The lowest BCUT2D eigenvalue weighted by atomic mass is 10.1. The maximum Gasteiger partial charge on any atom is 0.262 e. The highest BCUT2D eigenvalue weighted by Gasteiger charge is 2.23. The second-order valence-electron chi connectivity index (χ2n) is 8.66. The van der Waals surface area contributed by atoms with Crippen molar-refractivity contribution in [2.45, 2.75) is 30.8 Å². The van der Waals surface area contributed by atoms with Crippen molar-refractivity contribution >= 4 is 33.0 Å². The average Bonchev–Trinajstić information content (AvgIpc) is 2.84. The number of nitriles is 1. The summed E-state index contributed by atoms with van der Waals surface area (Å²) in [6, 6.07) is 18.9. The zero-order valence-corrected chi connectivity index (χ0v) is 21.7. The van der Waals surface area contributed by atoms with Gasteiger partial charge in [-0.2, -0.15) is 5.26 Å². The molecule has 0 bridgehead atoms. The van der Waals surface area contributed by atoms with Gasteiger partial charge in [0.1, 0.15) is 28.9 Å². The smallest absolute Gasteiger partial charge is 0.262 e. The molecule has 36 heavy (non-hydrogen) atoms. The lowest BCUT2D eigenvalue weighted by Crippen LogP contribution is -2.54. The van der Waals surface area contributed by atoms with Crippen LogP contribution in [-0.4, -0.2) is 40.7 Å². The van der Waals surface area contributed by atoms with Crippen LogP contribution in [0.15, 0.2) is 65.6 Å². The van der Waals surface area contributed by atoms with Crippen molar-refractivity contribution < 1.29 is 17.9 Å². The Hall–Kier alpha value is -3.45. The van der Waals surface area contributed by atoms with E-state index in [2.05, 4.69) is 28.8 Å². The van der Waals surface area contributed by atoms with E-state index in [-0.39, 0.29) is 21.2 Å². The zero-order valence-electron chi connectivity index (χ0n) is 20.2. The highest BCUT2D eigenvalue weighted by atomic mass is 35.5. The Labute approximate surface area is 216 Å². The van der Waals surface area contributed by atoms with Crippen LogP contribution >= 0.6 is 11.6 Å². The van der Waals surface area contributed by atoms with Crippen molar-refractivity contribution in [1.82, 2.24) is 5.32 Å². The number of rotatable bonds is 7. The standard InChI is InChI=1S/C26H27ClN4O4S/c1-17-15-31(16-18(2)29-17)19-7-12-26(34-3)24(13-19)30-36(32,33)21-10-8-20(9-11-21)35-25-6-4-5-23(27)22(25)14-28/h4-13,17-18,29-30H,15-16H2,1-3H3/t17-,18+. The molecule has 1 saturated heterocycles. The topological polar surface area (TPSA) is 104 Å². The van der Waals surface area contributed by atoms with Gasteiger partial charge in [0.05, 0.1) is 22.7 Å². The van der Waals surface area contributed by atoms with Crippen LogP contribution in [0, 0.1) is 11.3 Å². The molecule has 1 heterocycles. The number of halogens is 1. The van der Waals surface area contributed by atoms with Gasteiger partial charge in [0.25, 0.3) is 10.0 Å². The largest absolute Gasteiger partial charge is 0.495 e. The Morgan fingerprint density at radius 3 is 2.39 bits per heavy atom. The first-order valence-corrected chi connectivity index (χ1v) is 13.2. The Morgan fingerprint density at radius 1 is 1.06 bits per heavy atom. The minimum Gasteiger partial charge on any atom is -0.495 e. The molecule has 1 aliphatic rings. The van der Waals surface area contributed by atoms with Crippen LogP contribution in [0.25, 0.3) is 0 Å². The molecule has 0 spiro atoms. The summed E-state index contributed by atoms with van der Waals surface area (Å²) >= 11 is 6.05. The molecule has 1 fully saturated rings. The second-order valence-corrected chi connectivity index (χ2v) is 10.8. The fraction of sp³-hybridized carbons (Fsp3) is 0.269. The fourth-order valence-electron chi connectivity index (χ4n) is 4.23. The summed E-state index contributed by atoms with van der Waals surface area (Å²) in [5.41, 5.74) is 1.47. The van der Waals surface area contributed by atoms with Crippen molar-refractivity contribution in [3.8, 4) is 23.3 Å². The van der Waals surface area contributed by atoms with E-state index in [9.17, 15) is 13.7 Å². The van der Waals surface area contributed by atoms with Crippen LogP contribution in [0.5, 0.6) is 17.2 Å². The SMILES string of the molecule is COc1ccc(N2C[C@@H](C)N[C@@H](C)C2)cc1NS(=O)(=O)c1ccc(Oc2cccc(Cl)c2C#N)cc1. The summed E-state index contributed by atoms with van der Waals surface area (Å²) in [4.78, 5) is 2.28. The number of benzene rings is 3. The number of anilines is 2. The third kappa shape index (κ3) is 5.68. The van der Waals surface area contributed by atoms with Gasteiger partial charge in [-0.3, -0.25) is 4.72 Å². The van der Waals surface area contributed by atoms with E-state index in [4.69, 9.17) is 21.1 Å². The number of nitrogens with one attached hydrogen (secondary N) is 2. The van der Waals surface area contributed by atoms with E-state index < -0.39 is 10.0 Å². The highest BCUT2D eigenvalue weighted by molar-refractivity contribution is 7.92. The molecule has 1 aliphatic heterocycles. The quantitative estimate of drug-likeness (QED) is 0.446. The van der Waals surface area contributed by atoms with Gasteiger partial charge < -0.3 is 19.7 Å². The molecular weight excluding hydrogens is 500 g/mol. The van der Waals surface area contributed by atoms with Crippen LogP contribution in [0.3, 0.4) is 0 Å². The van der Waals surface area contributed by atoms with Crippen LogP contribution in [0.2, 0.25) is 5.02 Å². The summed E-state index contributed by atoms with van der Waals surface area (Å²) < 4.78 is 40.2. The van der Waals surface area contributed by atoms with Crippen molar-refractivity contribution in [3.05, 3.63) is 71.2 Å². The molecule has 0 aromatic heterocycles. The van der Waals surface area contributed by atoms with E-state index in [1.165, 1.54) is 31.4 Å². The molecule has 0 saturated carbocycles. The molecule has 0 radical (unpaired) electrons. The number of piperazine rings is 1. The maximum absolute atomic E-state index is 13.2. The number of sulfonamides is 1. The summed E-state index contributed by atoms with van der Waals surface area (Å²) in [6.07, 6.45) is 0. The van der Waals surface area contributed by atoms with Gasteiger partial charge in [0, 0.05) is 30.9 Å². The van der Waals surface area contributed by atoms with Crippen LogP contribution in [0.1, 0.15) is 19.4 Å². The molecule has 3 aromatic carbocycles. The van der Waals surface area contributed by atoms with E-state index >= 15 is 0 Å². The summed E-state index contributed by atoms with van der Waals surface area (Å²) in [5.74, 6) is 1.08. The van der Waals surface area contributed by atoms with E-state index in [1.807, 2.05) is 12.1 Å². The third-order valence-electron chi connectivity index (χ3n) is 5.80. The second kappa shape index (κ2) is 10.7. The molecule has 2 N–H and O–H groups in total. The van der Waals surface area contributed by atoms with Crippen molar-refractivity contribution in [2.24, 2.45) is 0 Å². The number of nitrogens with zero attached hydrogens (tertiary/aromatic N) is 2. The van der Waals surface area contributed by atoms with Gasteiger partial charge in [-0.15, -0.1) is 0 Å². The predicted octanol–water partition coefficient (Wildman–Crippen LogP) is 5.00. The molecule has 2 atom stereocenters. The number of ether oxygens (including phenoxy) is 2. The Bertz CT molecular complexity index is 1380. The van der Waals surface area contributed by atoms with Crippen molar-refractivity contribution in [2.75, 3.05) is 29.8 Å². The van der Waals surface area contributed by atoms with Crippen LogP contribution < -0.4 is 24.4 Å². The minimum atomic E-state index is -3.91. The summed E-state index contributed by atoms with van der Waals surface area (Å²) in [5, 5.41) is 13.1. The third-order valence-corrected chi connectivity index (χ3v) is 7.50. The van der Waals surface area contributed by atoms with Gasteiger partial charge in [0.15, 0.2) is 0 Å². The average molecular weight is 527 g/mol. The molecular formula is C26H27ClN4O4S. The summed E-state index contributed by atoms with van der Waals surface area (Å²) in [7, 11) is -2.41. The van der Waals surface area contributed by atoms with Gasteiger partial charge in [-0.1, -0.05) is 17.7 Å². The highest BCUT2D eigenvalue weighted by Crippen LogP contribution is 2.33. The summed E-state index contributed by atoms with van der Waals surface area (Å²) in [6.45, 7) is 5.86. The molecule has 0 unspecified atom stereocenters. The zero-order chi connectivity index (χ0) is 25.9. The fourth-order valence-corrected chi connectivity index (χ4v) is 5.49. The first-order valence-electron chi connectivity index (χ1n) is 11.4. The Morgan fingerprint density at radius 2 is 1.75 bits per heavy atom. The van der Waals surface area contributed by atoms with E-state index in [1.54, 1.807) is 30.3 Å². The van der Waals surface area contributed by atoms with Crippen LogP contribution in [0.4, 0.5) is 11.4 Å². The first-order chi connectivity index (χ1) is 17.2. The number of methoxy groups -OCH3 is 1. The Kier molecular flexibility index (Phi) is 7.59. The number of hydrogen-bond acceptors (Lipinski definition) is 7.